The topological polar surface area (TPSA) is 46.4 Å². The lowest BCUT2D eigenvalue weighted by Gasteiger charge is -2.31. The van der Waals surface area contributed by atoms with E-state index in [0.717, 1.165) is 5.69 Å². The first-order valence-electron chi connectivity index (χ1n) is 5.41. The standard InChI is InChI=1S/C11H12BrFN2O2/c12-10-7-9(15(16)17)1-2-11(10)14-5-3-8(13)4-6-14/h1-2,7-8H,3-6H2. The maximum Gasteiger partial charge on any atom is 0.270 e. The summed E-state index contributed by atoms with van der Waals surface area (Å²) in [6.45, 7) is 1.30. The molecular formula is C11H12BrFN2O2. The fraction of sp³-hybridized carbons (Fsp3) is 0.455. The van der Waals surface area contributed by atoms with Crippen LogP contribution in [0.25, 0.3) is 0 Å². The summed E-state index contributed by atoms with van der Waals surface area (Å²) >= 11 is 3.33. The van der Waals surface area contributed by atoms with Crippen LogP contribution in [0.3, 0.4) is 0 Å². The first-order valence-corrected chi connectivity index (χ1v) is 6.20. The normalized spacial score (nSPS) is 17.2. The molecule has 0 amide bonds. The number of hydrogen-bond acceptors (Lipinski definition) is 3. The average molecular weight is 303 g/mol. The Kier molecular flexibility index (Phi) is 3.61. The van der Waals surface area contributed by atoms with Gasteiger partial charge in [-0.3, -0.25) is 10.1 Å². The van der Waals surface area contributed by atoms with E-state index in [1.54, 1.807) is 6.07 Å². The number of alkyl halides is 1. The first kappa shape index (κ1) is 12.3. The molecule has 17 heavy (non-hydrogen) atoms. The Morgan fingerprint density at radius 2 is 2.06 bits per heavy atom. The number of halogens is 2. The quantitative estimate of drug-likeness (QED) is 0.622. The first-order chi connectivity index (χ1) is 8.08. The summed E-state index contributed by atoms with van der Waals surface area (Å²) in [4.78, 5) is 12.2. The Bertz CT molecular complexity index is 433. The lowest BCUT2D eigenvalue weighted by molar-refractivity contribution is -0.384. The van der Waals surface area contributed by atoms with Crippen molar-refractivity contribution < 1.29 is 9.31 Å². The van der Waals surface area contributed by atoms with Gasteiger partial charge in [0.05, 0.1) is 10.6 Å². The molecule has 1 saturated heterocycles. The Hall–Kier alpha value is -1.17. The molecule has 0 atom stereocenters. The number of piperidine rings is 1. The molecule has 1 aromatic rings. The van der Waals surface area contributed by atoms with E-state index in [1.807, 2.05) is 4.90 Å². The summed E-state index contributed by atoms with van der Waals surface area (Å²) < 4.78 is 13.7. The zero-order valence-electron chi connectivity index (χ0n) is 9.10. The van der Waals surface area contributed by atoms with Crippen molar-refractivity contribution >= 4 is 27.3 Å². The molecule has 0 aromatic heterocycles. The van der Waals surface area contributed by atoms with Crippen LogP contribution in [0.1, 0.15) is 12.8 Å². The van der Waals surface area contributed by atoms with Crippen molar-refractivity contribution in [3.8, 4) is 0 Å². The minimum absolute atomic E-state index is 0.0565. The van der Waals surface area contributed by atoms with Gasteiger partial charge in [-0.15, -0.1) is 0 Å². The fourth-order valence-corrected chi connectivity index (χ4v) is 2.57. The summed E-state index contributed by atoms with van der Waals surface area (Å²) in [7, 11) is 0. The lowest BCUT2D eigenvalue weighted by Crippen LogP contribution is -2.34. The van der Waals surface area contributed by atoms with Crippen molar-refractivity contribution in [1.29, 1.82) is 0 Å². The van der Waals surface area contributed by atoms with E-state index in [0.29, 0.717) is 30.4 Å². The van der Waals surface area contributed by atoms with Gasteiger partial charge in [-0.05, 0) is 34.8 Å². The third kappa shape index (κ3) is 2.74. The average Bonchev–Trinajstić information content (AvgIpc) is 2.30. The molecule has 1 aliphatic heterocycles. The summed E-state index contributed by atoms with van der Waals surface area (Å²) in [6, 6.07) is 4.67. The molecule has 0 aliphatic carbocycles. The van der Waals surface area contributed by atoms with E-state index >= 15 is 0 Å². The van der Waals surface area contributed by atoms with Crippen molar-refractivity contribution in [2.24, 2.45) is 0 Å². The Morgan fingerprint density at radius 3 is 2.59 bits per heavy atom. The second-order valence-electron chi connectivity index (χ2n) is 4.05. The summed E-state index contributed by atoms with van der Waals surface area (Å²) in [5, 5.41) is 10.6. The third-order valence-electron chi connectivity index (χ3n) is 2.91. The maximum atomic E-state index is 13.0. The number of benzene rings is 1. The van der Waals surface area contributed by atoms with E-state index in [2.05, 4.69) is 15.9 Å². The van der Waals surface area contributed by atoms with E-state index in [9.17, 15) is 14.5 Å². The number of anilines is 1. The van der Waals surface area contributed by atoms with Gasteiger partial charge in [-0.25, -0.2) is 4.39 Å². The molecule has 0 N–H and O–H groups in total. The Morgan fingerprint density at radius 1 is 1.41 bits per heavy atom. The molecule has 6 heteroatoms. The minimum Gasteiger partial charge on any atom is -0.370 e. The SMILES string of the molecule is O=[N+]([O-])c1ccc(N2CCC(F)CC2)c(Br)c1. The number of nitro benzene ring substituents is 1. The van der Waals surface area contributed by atoms with Crippen molar-refractivity contribution in [1.82, 2.24) is 0 Å². The second kappa shape index (κ2) is 5.00. The van der Waals surface area contributed by atoms with E-state index < -0.39 is 11.1 Å². The lowest BCUT2D eigenvalue weighted by atomic mass is 10.1. The van der Waals surface area contributed by atoms with Gasteiger partial charge in [-0.2, -0.15) is 0 Å². The van der Waals surface area contributed by atoms with Gasteiger partial charge in [0.2, 0.25) is 0 Å². The van der Waals surface area contributed by atoms with Crippen LogP contribution in [0, 0.1) is 10.1 Å². The monoisotopic (exact) mass is 302 g/mol. The van der Waals surface area contributed by atoms with Crippen LogP contribution in [-0.4, -0.2) is 24.2 Å². The molecule has 0 bridgehead atoms. The van der Waals surface area contributed by atoms with E-state index in [4.69, 9.17) is 0 Å². The number of non-ortho nitro benzene ring substituents is 1. The molecule has 92 valence electrons. The Labute approximate surface area is 107 Å². The van der Waals surface area contributed by atoms with Crippen LogP contribution >= 0.6 is 15.9 Å². The van der Waals surface area contributed by atoms with Crippen LogP contribution in [-0.2, 0) is 0 Å². The second-order valence-corrected chi connectivity index (χ2v) is 4.91. The summed E-state index contributed by atoms with van der Waals surface area (Å²) in [6.07, 6.45) is 0.315. The molecule has 1 fully saturated rings. The van der Waals surface area contributed by atoms with Crippen molar-refractivity contribution in [2.45, 2.75) is 19.0 Å². The van der Waals surface area contributed by atoms with Gasteiger partial charge >= 0.3 is 0 Å². The van der Waals surface area contributed by atoms with E-state index in [1.165, 1.54) is 12.1 Å². The highest BCUT2D eigenvalue weighted by molar-refractivity contribution is 9.10. The highest BCUT2D eigenvalue weighted by Crippen LogP contribution is 2.32. The number of hydrogen-bond donors (Lipinski definition) is 0. The zero-order valence-corrected chi connectivity index (χ0v) is 10.7. The predicted octanol–water partition coefficient (Wildman–Crippen LogP) is 3.30. The number of nitro groups is 1. The molecule has 2 rings (SSSR count). The summed E-state index contributed by atoms with van der Waals surface area (Å²) in [5.74, 6) is 0. The maximum absolute atomic E-state index is 13.0. The molecule has 0 spiro atoms. The zero-order chi connectivity index (χ0) is 12.4. The van der Waals surface area contributed by atoms with Crippen LogP contribution in [0.15, 0.2) is 22.7 Å². The number of nitrogens with zero attached hydrogens (tertiary/aromatic N) is 2. The van der Waals surface area contributed by atoms with Crippen LogP contribution in [0.5, 0.6) is 0 Å². The van der Waals surface area contributed by atoms with E-state index in [-0.39, 0.29) is 5.69 Å². The molecule has 0 radical (unpaired) electrons. The smallest absolute Gasteiger partial charge is 0.270 e. The molecule has 1 aliphatic rings. The van der Waals surface area contributed by atoms with Gasteiger partial charge in [0.15, 0.2) is 0 Å². The Balaban J connectivity index is 2.19. The summed E-state index contributed by atoms with van der Waals surface area (Å²) in [5.41, 5.74) is 0.948. The molecule has 0 saturated carbocycles. The van der Waals surface area contributed by atoms with Crippen molar-refractivity contribution in [3.05, 3.63) is 32.8 Å². The van der Waals surface area contributed by atoms with Crippen molar-refractivity contribution in [3.63, 3.8) is 0 Å². The molecule has 4 nitrogen and oxygen atoms in total. The highest BCUT2D eigenvalue weighted by Gasteiger charge is 2.21. The molecular weight excluding hydrogens is 291 g/mol. The largest absolute Gasteiger partial charge is 0.370 e. The van der Waals surface area contributed by atoms with Crippen LogP contribution in [0.2, 0.25) is 0 Å². The van der Waals surface area contributed by atoms with Crippen LogP contribution in [0.4, 0.5) is 15.8 Å². The fourth-order valence-electron chi connectivity index (χ4n) is 1.95. The third-order valence-corrected chi connectivity index (χ3v) is 3.54. The highest BCUT2D eigenvalue weighted by atomic mass is 79.9. The minimum atomic E-state index is -0.719. The van der Waals surface area contributed by atoms with Gasteiger partial charge in [0, 0.05) is 29.7 Å². The predicted molar refractivity (Wildman–Crippen MR) is 67.1 cm³/mol. The molecule has 0 unspecified atom stereocenters. The van der Waals surface area contributed by atoms with Gasteiger partial charge in [-0.1, -0.05) is 0 Å². The van der Waals surface area contributed by atoms with Gasteiger partial charge < -0.3 is 4.90 Å². The molecule has 1 aromatic carbocycles. The van der Waals surface area contributed by atoms with Gasteiger partial charge in [0.1, 0.15) is 6.17 Å². The van der Waals surface area contributed by atoms with Crippen molar-refractivity contribution in [2.75, 3.05) is 18.0 Å². The van der Waals surface area contributed by atoms with Crippen LogP contribution < -0.4 is 4.90 Å². The molecule has 1 heterocycles. The van der Waals surface area contributed by atoms with Gasteiger partial charge in [0.25, 0.3) is 5.69 Å². The number of rotatable bonds is 2.